The van der Waals surface area contributed by atoms with E-state index in [9.17, 15) is 4.39 Å². The van der Waals surface area contributed by atoms with Crippen molar-refractivity contribution in [2.75, 3.05) is 14.2 Å². The number of likely N-dealkylation sites (N-methyl/N-ethyl adjacent to an activating group) is 1. The van der Waals surface area contributed by atoms with Crippen LogP contribution < -0.4 is 5.32 Å². The van der Waals surface area contributed by atoms with E-state index in [-0.39, 0.29) is 23.4 Å². The van der Waals surface area contributed by atoms with Gasteiger partial charge in [0.1, 0.15) is 5.82 Å². The van der Waals surface area contributed by atoms with E-state index in [1.807, 2.05) is 27.0 Å². The van der Waals surface area contributed by atoms with E-state index >= 15 is 0 Å². The maximum absolute atomic E-state index is 14.3. The lowest BCUT2D eigenvalue weighted by Crippen LogP contribution is -2.41. The van der Waals surface area contributed by atoms with Crippen molar-refractivity contribution in [2.24, 2.45) is 5.41 Å². The van der Waals surface area contributed by atoms with Crippen molar-refractivity contribution in [3.8, 4) is 0 Å². The molecule has 1 aromatic rings. The zero-order valence-electron chi connectivity index (χ0n) is 13.1. The van der Waals surface area contributed by atoms with Crippen LogP contribution in [0.4, 0.5) is 4.39 Å². The van der Waals surface area contributed by atoms with Crippen LogP contribution in [0, 0.1) is 25.1 Å². The van der Waals surface area contributed by atoms with Crippen LogP contribution in [0.1, 0.15) is 43.5 Å². The van der Waals surface area contributed by atoms with E-state index in [1.54, 1.807) is 13.2 Å². The lowest BCUT2D eigenvalue weighted by molar-refractivity contribution is -0.0111. The van der Waals surface area contributed by atoms with Gasteiger partial charge in [-0.1, -0.05) is 26.8 Å². The van der Waals surface area contributed by atoms with Gasteiger partial charge in [-0.05, 0) is 43.5 Å². The molecule has 1 N–H and O–H groups in total. The van der Waals surface area contributed by atoms with Crippen molar-refractivity contribution < 1.29 is 9.13 Å². The highest BCUT2D eigenvalue weighted by Gasteiger charge is 2.34. The van der Waals surface area contributed by atoms with Crippen LogP contribution in [0.3, 0.4) is 0 Å². The van der Waals surface area contributed by atoms with Gasteiger partial charge in [0, 0.05) is 12.7 Å². The monoisotopic (exact) mass is 267 g/mol. The molecule has 19 heavy (non-hydrogen) atoms. The van der Waals surface area contributed by atoms with Gasteiger partial charge >= 0.3 is 0 Å². The van der Waals surface area contributed by atoms with Gasteiger partial charge in [0.05, 0.1) is 12.1 Å². The first-order valence-electron chi connectivity index (χ1n) is 6.69. The van der Waals surface area contributed by atoms with Crippen LogP contribution in [0.25, 0.3) is 0 Å². The molecule has 0 fully saturated rings. The summed E-state index contributed by atoms with van der Waals surface area (Å²) in [6.07, 6.45) is -0.103. The van der Waals surface area contributed by atoms with E-state index in [1.165, 1.54) is 0 Å². The molecule has 3 heteroatoms. The van der Waals surface area contributed by atoms with Crippen LogP contribution in [0.5, 0.6) is 0 Å². The fourth-order valence-electron chi connectivity index (χ4n) is 2.76. The number of benzene rings is 1. The minimum absolute atomic E-state index is 0.0772. The van der Waals surface area contributed by atoms with Crippen molar-refractivity contribution in [3.05, 3.63) is 34.6 Å². The third-order valence-corrected chi connectivity index (χ3v) is 3.51. The summed E-state index contributed by atoms with van der Waals surface area (Å²) in [6, 6.07) is 3.44. The molecule has 0 spiro atoms. The molecular weight excluding hydrogens is 241 g/mol. The zero-order chi connectivity index (χ0) is 14.8. The minimum atomic E-state index is -0.164. The average molecular weight is 267 g/mol. The van der Waals surface area contributed by atoms with Gasteiger partial charge in [-0.25, -0.2) is 4.39 Å². The molecule has 0 aliphatic carbocycles. The van der Waals surface area contributed by atoms with Gasteiger partial charge in [-0.15, -0.1) is 0 Å². The maximum atomic E-state index is 14.3. The smallest absolute Gasteiger partial charge is 0.128 e. The third kappa shape index (κ3) is 3.54. The fourth-order valence-corrected chi connectivity index (χ4v) is 2.76. The molecule has 0 radical (unpaired) electrons. The zero-order valence-corrected chi connectivity index (χ0v) is 13.1. The summed E-state index contributed by atoms with van der Waals surface area (Å²) in [5.74, 6) is -0.164. The number of aryl methyl sites for hydroxylation is 2. The summed E-state index contributed by atoms with van der Waals surface area (Å²) in [7, 11) is 3.53. The topological polar surface area (TPSA) is 21.3 Å². The highest BCUT2D eigenvalue weighted by atomic mass is 19.1. The lowest BCUT2D eigenvalue weighted by atomic mass is 9.80. The molecule has 2 atom stereocenters. The number of methoxy groups -OCH3 is 1. The number of rotatable bonds is 4. The molecule has 0 aliphatic rings. The first-order valence-corrected chi connectivity index (χ1v) is 6.69. The van der Waals surface area contributed by atoms with E-state index in [0.29, 0.717) is 5.56 Å². The number of nitrogens with one attached hydrogen (secondary N) is 1. The van der Waals surface area contributed by atoms with E-state index < -0.39 is 0 Å². The summed E-state index contributed by atoms with van der Waals surface area (Å²) < 4.78 is 20.0. The molecule has 0 saturated carbocycles. The fraction of sp³-hybridized carbons (Fsp3) is 0.625. The van der Waals surface area contributed by atoms with Crippen molar-refractivity contribution in [1.82, 2.24) is 5.32 Å². The maximum Gasteiger partial charge on any atom is 0.128 e. The standard InChI is InChI=1S/C16H26FNO/c1-10-8-11(2)13(12(17)9-10)14(18-6)15(19-7)16(3,4)5/h8-9,14-15,18H,1-7H3. The van der Waals surface area contributed by atoms with E-state index in [0.717, 1.165) is 11.1 Å². The number of halogens is 1. The molecule has 0 heterocycles. The largest absolute Gasteiger partial charge is 0.379 e. The molecule has 0 aliphatic heterocycles. The summed E-state index contributed by atoms with van der Waals surface area (Å²) >= 11 is 0. The summed E-state index contributed by atoms with van der Waals surface area (Å²) in [4.78, 5) is 0. The van der Waals surface area contributed by atoms with E-state index in [2.05, 4.69) is 26.1 Å². The Hall–Kier alpha value is -0.930. The first kappa shape index (κ1) is 16.1. The Morgan fingerprint density at radius 1 is 1.21 bits per heavy atom. The molecule has 1 aromatic carbocycles. The molecule has 0 aromatic heterocycles. The lowest BCUT2D eigenvalue weighted by Gasteiger charge is -2.36. The Balaban J connectivity index is 3.31. The molecule has 2 unspecified atom stereocenters. The van der Waals surface area contributed by atoms with Crippen molar-refractivity contribution in [2.45, 2.75) is 46.8 Å². The molecule has 0 bridgehead atoms. The summed E-state index contributed by atoms with van der Waals surface area (Å²) in [5, 5.41) is 3.21. The SMILES string of the molecule is CNC(c1c(C)cc(C)cc1F)C(OC)C(C)(C)C. The Morgan fingerprint density at radius 2 is 1.79 bits per heavy atom. The van der Waals surface area contributed by atoms with E-state index in [4.69, 9.17) is 4.74 Å². The normalized spacial score (nSPS) is 15.4. The molecule has 0 amide bonds. The molecule has 2 nitrogen and oxygen atoms in total. The second-order valence-electron chi connectivity index (χ2n) is 6.27. The van der Waals surface area contributed by atoms with Gasteiger partial charge in [-0.3, -0.25) is 0 Å². The highest BCUT2D eigenvalue weighted by Crippen LogP contribution is 2.35. The second kappa shape index (κ2) is 6.02. The van der Waals surface area contributed by atoms with Crippen LogP contribution >= 0.6 is 0 Å². The Kier molecular flexibility index (Phi) is 5.11. The summed E-state index contributed by atoms with van der Waals surface area (Å²) in [6.45, 7) is 10.2. The van der Waals surface area contributed by atoms with Gasteiger partial charge < -0.3 is 10.1 Å². The van der Waals surface area contributed by atoms with Crippen molar-refractivity contribution in [3.63, 3.8) is 0 Å². The minimum Gasteiger partial charge on any atom is -0.379 e. The predicted octanol–water partition coefficient (Wildman–Crippen LogP) is 3.76. The molecular formula is C16H26FNO. The van der Waals surface area contributed by atoms with Gasteiger partial charge in [0.15, 0.2) is 0 Å². The van der Waals surface area contributed by atoms with Crippen LogP contribution in [0.2, 0.25) is 0 Å². The average Bonchev–Trinajstić information content (AvgIpc) is 2.24. The Morgan fingerprint density at radius 3 is 2.16 bits per heavy atom. The molecule has 0 saturated heterocycles. The van der Waals surface area contributed by atoms with Crippen molar-refractivity contribution >= 4 is 0 Å². The van der Waals surface area contributed by atoms with Gasteiger partial charge in [0.25, 0.3) is 0 Å². The van der Waals surface area contributed by atoms with Crippen LogP contribution in [-0.4, -0.2) is 20.3 Å². The number of hydrogen-bond acceptors (Lipinski definition) is 2. The molecule has 108 valence electrons. The highest BCUT2D eigenvalue weighted by molar-refractivity contribution is 5.35. The van der Waals surface area contributed by atoms with Gasteiger partial charge in [0.2, 0.25) is 0 Å². The Bertz CT molecular complexity index is 414. The third-order valence-electron chi connectivity index (χ3n) is 3.51. The summed E-state index contributed by atoms with van der Waals surface area (Å²) in [5.41, 5.74) is 2.53. The quantitative estimate of drug-likeness (QED) is 0.896. The van der Waals surface area contributed by atoms with Crippen LogP contribution in [0.15, 0.2) is 12.1 Å². The van der Waals surface area contributed by atoms with Crippen molar-refractivity contribution in [1.29, 1.82) is 0 Å². The molecule has 1 rings (SSSR count). The Labute approximate surface area is 116 Å². The number of hydrogen-bond donors (Lipinski definition) is 1. The second-order valence-corrected chi connectivity index (χ2v) is 6.27. The first-order chi connectivity index (χ1) is 8.72. The predicted molar refractivity (Wildman–Crippen MR) is 77.9 cm³/mol. The van der Waals surface area contributed by atoms with Gasteiger partial charge in [-0.2, -0.15) is 0 Å². The van der Waals surface area contributed by atoms with Crippen LogP contribution in [-0.2, 0) is 4.74 Å². The number of ether oxygens (including phenoxy) is 1.